The number of nitrogens with two attached hydrogens (primary N) is 1. The number of nitrogens with zero attached hydrogens (tertiary/aromatic N) is 5. The third-order valence-electron chi connectivity index (χ3n) is 7.53. The SMILES string of the molecule is CCCCCNc1nc(N)nc2ccn(Cc3ccc(CN4CCN(C(=O)OCC(C)(C)SC)CC4)cc3OC)c12. The summed E-state index contributed by atoms with van der Waals surface area (Å²) in [6, 6.07) is 8.38. The number of carbonyl (C=O) groups excluding carboxylic acids is 1. The van der Waals surface area contributed by atoms with Gasteiger partial charge in [-0.15, -0.1) is 0 Å². The highest BCUT2D eigenvalue weighted by Crippen LogP contribution is 2.28. The summed E-state index contributed by atoms with van der Waals surface area (Å²) < 4.78 is 13.4. The number of anilines is 2. The van der Waals surface area contributed by atoms with Crippen LogP contribution in [0.3, 0.4) is 0 Å². The molecule has 0 bridgehead atoms. The van der Waals surface area contributed by atoms with Crippen LogP contribution in [0.5, 0.6) is 5.75 Å². The number of amides is 1. The Labute approximate surface area is 248 Å². The largest absolute Gasteiger partial charge is 0.496 e. The van der Waals surface area contributed by atoms with Gasteiger partial charge in [-0.3, -0.25) is 4.90 Å². The molecule has 11 heteroatoms. The van der Waals surface area contributed by atoms with Gasteiger partial charge < -0.3 is 30.0 Å². The molecule has 3 heterocycles. The number of carbonyl (C=O) groups is 1. The smallest absolute Gasteiger partial charge is 0.409 e. The minimum atomic E-state index is -0.220. The minimum absolute atomic E-state index is 0.0770. The van der Waals surface area contributed by atoms with E-state index in [-0.39, 0.29) is 16.8 Å². The summed E-state index contributed by atoms with van der Waals surface area (Å²) >= 11 is 1.70. The van der Waals surface area contributed by atoms with Crippen LogP contribution < -0.4 is 15.8 Å². The van der Waals surface area contributed by atoms with Crippen LogP contribution >= 0.6 is 11.8 Å². The van der Waals surface area contributed by atoms with Crippen LogP contribution in [0, 0.1) is 0 Å². The Kier molecular flexibility index (Phi) is 10.6. The van der Waals surface area contributed by atoms with Gasteiger partial charge in [0.25, 0.3) is 0 Å². The molecule has 0 unspecified atom stereocenters. The van der Waals surface area contributed by atoms with E-state index < -0.39 is 0 Å². The third-order valence-corrected chi connectivity index (χ3v) is 8.75. The second kappa shape index (κ2) is 14.1. The second-order valence-electron chi connectivity index (χ2n) is 11.2. The molecule has 41 heavy (non-hydrogen) atoms. The van der Waals surface area contributed by atoms with E-state index in [4.69, 9.17) is 15.2 Å². The number of hydrogen-bond donors (Lipinski definition) is 2. The first-order valence-corrected chi connectivity index (χ1v) is 15.7. The molecule has 1 fully saturated rings. The third kappa shape index (κ3) is 8.19. The lowest BCUT2D eigenvalue weighted by Crippen LogP contribution is -2.49. The van der Waals surface area contributed by atoms with Crippen LogP contribution in [0.4, 0.5) is 16.6 Å². The predicted octanol–water partition coefficient (Wildman–Crippen LogP) is 5.07. The minimum Gasteiger partial charge on any atom is -0.496 e. The van der Waals surface area contributed by atoms with E-state index in [0.717, 1.165) is 67.2 Å². The highest BCUT2D eigenvalue weighted by Gasteiger charge is 2.25. The molecule has 3 N–H and O–H groups in total. The fraction of sp³-hybridized carbons (Fsp3) is 0.567. The van der Waals surface area contributed by atoms with E-state index in [2.05, 4.69) is 63.7 Å². The monoisotopic (exact) mass is 583 g/mol. The quantitative estimate of drug-likeness (QED) is 0.267. The zero-order valence-corrected chi connectivity index (χ0v) is 25.9. The van der Waals surface area contributed by atoms with Gasteiger partial charge in [0.15, 0.2) is 5.82 Å². The zero-order chi connectivity index (χ0) is 29.4. The van der Waals surface area contributed by atoms with Gasteiger partial charge in [-0.2, -0.15) is 16.7 Å². The first-order chi connectivity index (χ1) is 19.7. The van der Waals surface area contributed by atoms with Crippen molar-refractivity contribution in [1.82, 2.24) is 24.3 Å². The second-order valence-corrected chi connectivity index (χ2v) is 12.7. The maximum absolute atomic E-state index is 12.5. The molecular formula is C30H45N7O3S. The Bertz CT molecular complexity index is 1300. The average molecular weight is 584 g/mol. The number of methoxy groups -OCH3 is 1. The van der Waals surface area contributed by atoms with Crippen molar-refractivity contribution in [3.05, 3.63) is 41.6 Å². The fourth-order valence-electron chi connectivity index (χ4n) is 4.90. The molecule has 4 rings (SSSR count). The topological polar surface area (TPSA) is 111 Å². The molecule has 0 radical (unpaired) electrons. The number of unbranched alkanes of at least 4 members (excludes halogenated alkanes) is 2. The molecule has 1 saturated heterocycles. The van der Waals surface area contributed by atoms with Crippen molar-refractivity contribution in [3.8, 4) is 5.75 Å². The van der Waals surface area contributed by atoms with E-state index in [9.17, 15) is 4.79 Å². The lowest BCUT2D eigenvalue weighted by atomic mass is 10.1. The lowest BCUT2D eigenvalue weighted by molar-refractivity contribution is 0.0705. The van der Waals surface area contributed by atoms with Crippen LogP contribution in [-0.4, -0.2) is 87.9 Å². The number of rotatable bonds is 13. The predicted molar refractivity (Wildman–Crippen MR) is 168 cm³/mol. The number of hydrogen-bond acceptors (Lipinski definition) is 9. The summed E-state index contributed by atoms with van der Waals surface area (Å²) in [5.41, 5.74) is 10.0. The van der Waals surface area contributed by atoms with Gasteiger partial charge in [-0.05, 0) is 44.2 Å². The van der Waals surface area contributed by atoms with E-state index >= 15 is 0 Å². The maximum Gasteiger partial charge on any atom is 0.409 e. The van der Waals surface area contributed by atoms with Crippen molar-refractivity contribution in [2.45, 2.75) is 57.9 Å². The Morgan fingerprint density at radius 1 is 1.12 bits per heavy atom. The summed E-state index contributed by atoms with van der Waals surface area (Å²) in [6.07, 6.45) is 7.25. The Hall–Kier alpha value is -3.18. The number of aromatic nitrogens is 3. The van der Waals surface area contributed by atoms with Gasteiger partial charge >= 0.3 is 6.09 Å². The lowest BCUT2D eigenvalue weighted by Gasteiger charge is -2.34. The van der Waals surface area contributed by atoms with Crippen LogP contribution in [0.1, 0.15) is 51.2 Å². The molecule has 224 valence electrons. The van der Waals surface area contributed by atoms with Crippen molar-refractivity contribution in [1.29, 1.82) is 0 Å². The van der Waals surface area contributed by atoms with Gasteiger partial charge in [0.05, 0.1) is 19.2 Å². The standard InChI is InChI=1S/C30H45N7O3S/c1-6-7-8-12-32-27-26-24(33-28(31)34-27)11-13-37(26)20-23-10-9-22(18-25(23)39-4)19-35-14-16-36(17-15-35)29(38)40-21-30(2,3)41-5/h9-11,13,18H,6-8,12,14-17,19-21H2,1-5H3,(H3,31,32,33,34). The van der Waals surface area contributed by atoms with Gasteiger partial charge in [-0.25, -0.2) is 9.78 Å². The molecule has 0 aliphatic carbocycles. The molecule has 1 aromatic carbocycles. The van der Waals surface area contributed by atoms with Crippen LogP contribution in [0.2, 0.25) is 0 Å². The van der Waals surface area contributed by atoms with Crippen molar-refractivity contribution in [3.63, 3.8) is 0 Å². The van der Waals surface area contributed by atoms with E-state index in [0.29, 0.717) is 26.2 Å². The van der Waals surface area contributed by atoms with Crippen LogP contribution in [0.15, 0.2) is 30.5 Å². The number of ether oxygens (including phenoxy) is 2. The molecule has 2 aromatic heterocycles. The number of thioether (sulfide) groups is 1. The summed E-state index contributed by atoms with van der Waals surface area (Å²) in [7, 11) is 1.71. The first-order valence-electron chi connectivity index (χ1n) is 14.4. The number of fused-ring (bicyclic) bond motifs is 1. The highest BCUT2D eigenvalue weighted by atomic mass is 32.2. The van der Waals surface area contributed by atoms with Crippen molar-refractivity contribution in [2.24, 2.45) is 0 Å². The molecule has 1 aliphatic rings. The normalized spacial score (nSPS) is 14.4. The fourth-order valence-corrected chi connectivity index (χ4v) is 5.07. The Morgan fingerprint density at radius 3 is 2.61 bits per heavy atom. The molecular weight excluding hydrogens is 538 g/mol. The Balaban J connectivity index is 1.38. The number of piperazine rings is 1. The average Bonchev–Trinajstić information content (AvgIpc) is 3.37. The first kappa shape index (κ1) is 30.8. The van der Waals surface area contributed by atoms with Crippen molar-refractivity contribution < 1.29 is 14.3 Å². The molecule has 3 aromatic rings. The van der Waals surface area contributed by atoms with E-state index in [1.54, 1.807) is 18.9 Å². The summed E-state index contributed by atoms with van der Waals surface area (Å²) in [6.45, 7) is 12.0. The molecule has 0 spiro atoms. The van der Waals surface area contributed by atoms with Crippen LogP contribution in [0.25, 0.3) is 11.0 Å². The molecule has 10 nitrogen and oxygen atoms in total. The molecule has 1 aliphatic heterocycles. The number of nitrogens with one attached hydrogen (secondary N) is 1. The maximum atomic E-state index is 12.5. The molecule has 0 atom stereocenters. The van der Waals surface area contributed by atoms with E-state index in [1.165, 1.54) is 12.0 Å². The van der Waals surface area contributed by atoms with Gasteiger partial charge in [-0.1, -0.05) is 31.9 Å². The Morgan fingerprint density at radius 2 is 1.90 bits per heavy atom. The molecule has 1 amide bonds. The van der Waals surface area contributed by atoms with E-state index in [1.807, 2.05) is 23.4 Å². The highest BCUT2D eigenvalue weighted by molar-refractivity contribution is 7.99. The number of benzene rings is 1. The summed E-state index contributed by atoms with van der Waals surface area (Å²) in [5.74, 6) is 1.88. The van der Waals surface area contributed by atoms with Crippen molar-refractivity contribution >= 4 is 40.7 Å². The summed E-state index contributed by atoms with van der Waals surface area (Å²) in [4.78, 5) is 25.6. The zero-order valence-electron chi connectivity index (χ0n) is 25.1. The molecule has 0 saturated carbocycles. The van der Waals surface area contributed by atoms with Crippen LogP contribution in [-0.2, 0) is 17.8 Å². The number of nitrogen functional groups attached to an aromatic ring is 1. The van der Waals surface area contributed by atoms with Gasteiger partial charge in [0.1, 0.15) is 17.9 Å². The van der Waals surface area contributed by atoms with Gasteiger partial charge in [0.2, 0.25) is 5.95 Å². The van der Waals surface area contributed by atoms with Crippen molar-refractivity contribution in [2.75, 3.05) is 63.7 Å². The van der Waals surface area contributed by atoms with Gasteiger partial charge in [0, 0.05) is 55.8 Å². The summed E-state index contributed by atoms with van der Waals surface area (Å²) in [5, 5.41) is 3.46.